The maximum absolute atomic E-state index is 12.5. The first-order valence-electron chi connectivity index (χ1n) is 5.43. The molecule has 1 heterocycles. The second-order valence-electron chi connectivity index (χ2n) is 3.89. The average molecular weight is 302 g/mol. The molecule has 0 atom stereocenters. The van der Waals surface area contributed by atoms with Crippen LogP contribution in [-0.2, 0) is 11.9 Å². The molecular formula is C12H9F3N2O2S. The SMILES string of the molecule is O=c1[nH]c(SCc2cccc(C(F)(F)F)c2)ncc1O. The van der Waals surface area contributed by atoms with E-state index in [1.54, 1.807) is 6.07 Å². The number of rotatable bonds is 3. The van der Waals surface area contributed by atoms with Crippen molar-refractivity contribution in [1.29, 1.82) is 0 Å². The Kier molecular flexibility index (Phi) is 4.03. The van der Waals surface area contributed by atoms with Crippen LogP contribution >= 0.6 is 11.8 Å². The number of aromatic amines is 1. The monoisotopic (exact) mass is 302 g/mol. The number of H-pyrrole nitrogens is 1. The first-order valence-corrected chi connectivity index (χ1v) is 6.42. The van der Waals surface area contributed by atoms with Crippen molar-refractivity contribution in [2.45, 2.75) is 17.1 Å². The molecule has 4 nitrogen and oxygen atoms in total. The fourth-order valence-corrected chi connectivity index (χ4v) is 2.21. The molecule has 0 amide bonds. The Labute approximate surface area is 115 Å². The van der Waals surface area contributed by atoms with Crippen molar-refractivity contribution in [3.05, 3.63) is 51.9 Å². The molecule has 0 aliphatic heterocycles. The molecule has 0 spiro atoms. The molecule has 0 aliphatic rings. The van der Waals surface area contributed by atoms with Crippen LogP contribution in [0.3, 0.4) is 0 Å². The molecule has 106 valence electrons. The minimum atomic E-state index is -4.38. The number of hydrogen-bond donors (Lipinski definition) is 2. The van der Waals surface area contributed by atoms with E-state index in [9.17, 15) is 18.0 Å². The van der Waals surface area contributed by atoms with Gasteiger partial charge in [0, 0.05) is 5.75 Å². The molecule has 0 fully saturated rings. The van der Waals surface area contributed by atoms with Crippen molar-refractivity contribution in [3.63, 3.8) is 0 Å². The maximum atomic E-state index is 12.5. The predicted molar refractivity (Wildman–Crippen MR) is 67.5 cm³/mol. The number of thioether (sulfide) groups is 1. The Hall–Kier alpha value is -1.96. The van der Waals surface area contributed by atoms with Gasteiger partial charge in [0.05, 0.1) is 11.8 Å². The summed E-state index contributed by atoms with van der Waals surface area (Å²) >= 11 is 1.07. The number of halogens is 3. The zero-order valence-electron chi connectivity index (χ0n) is 9.94. The van der Waals surface area contributed by atoms with Crippen LogP contribution in [-0.4, -0.2) is 15.1 Å². The number of benzene rings is 1. The molecule has 0 saturated heterocycles. The summed E-state index contributed by atoms with van der Waals surface area (Å²) in [6.07, 6.45) is -3.39. The van der Waals surface area contributed by atoms with Crippen LogP contribution in [0.15, 0.2) is 40.4 Å². The number of alkyl halides is 3. The van der Waals surface area contributed by atoms with E-state index in [4.69, 9.17) is 5.11 Å². The quantitative estimate of drug-likeness (QED) is 0.676. The molecule has 20 heavy (non-hydrogen) atoms. The Morgan fingerprint density at radius 1 is 1.35 bits per heavy atom. The summed E-state index contributed by atoms with van der Waals surface area (Å²) < 4.78 is 37.6. The maximum Gasteiger partial charge on any atom is 0.416 e. The van der Waals surface area contributed by atoms with Crippen LogP contribution in [0.4, 0.5) is 13.2 Å². The number of aromatic nitrogens is 2. The van der Waals surface area contributed by atoms with Crippen LogP contribution in [0, 0.1) is 0 Å². The minimum absolute atomic E-state index is 0.220. The first kappa shape index (κ1) is 14.4. The van der Waals surface area contributed by atoms with E-state index >= 15 is 0 Å². The highest BCUT2D eigenvalue weighted by atomic mass is 32.2. The molecule has 0 radical (unpaired) electrons. The normalized spacial score (nSPS) is 11.6. The molecule has 2 aromatic rings. The van der Waals surface area contributed by atoms with E-state index in [2.05, 4.69) is 9.97 Å². The average Bonchev–Trinajstić information content (AvgIpc) is 2.39. The van der Waals surface area contributed by atoms with Gasteiger partial charge in [0.25, 0.3) is 5.56 Å². The predicted octanol–water partition coefficient (Wildman–Crippen LogP) is 2.79. The third-order valence-corrected chi connectivity index (χ3v) is 3.35. The number of nitrogens with one attached hydrogen (secondary N) is 1. The van der Waals surface area contributed by atoms with Gasteiger partial charge in [0.1, 0.15) is 0 Å². The van der Waals surface area contributed by atoms with E-state index in [1.165, 1.54) is 6.07 Å². The number of hydrogen-bond acceptors (Lipinski definition) is 4. The Bertz CT molecular complexity index is 670. The minimum Gasteiger partial charge on any atom is -0.502 e. The second kappa shape index (κ2) is 5.58. The zero-order valence-corrected chi connectivity index (χ0v) is 10.8. The topological polar surface area (TPSA) is 66.0 Å². The summed E-state index contributed by atoms with van der Waals surface area (Å²) in [6.45, 7) is 0. The Morgan fingerprint density at radius 2 is 2.10 bits per heavy atom. The molecule has 0 bridgehead atoms. The van der Waals surface area contributed by atoms with E-state index in [-0.39, 0.29) is 10.9 Å². The lowest BCUT2D eigenvalue weighted by atomic mass is 10.1. The molecule has 2 N–H and O–H groups in total. The van der Waals surface area contributed by atoms with Crippen molar-refractivity contribution >= 4 is 11.8 Å². The molecule has 1 aromatic carbocycles. The van der Waals surface area contributed by atoms with E-state index < -0.39 is 23.0 Å². The first-order chi connectivity index (χ1) is 9.36. The fraction of sp³-hybridized carbons (Fsp3) is 0.167. The van der Waals surface area contributed by atoms with Gasteiger partial charge in [0.15, 0.2) is 10.9 Å². The van der Waals surface area contributed by atoms with Crippen LogP contribution in [0.25, 0.3) is 0 Å². The van der Waals surface area contributed by atoms with Crippen molar-refractivity contribution in [2.75, 3.05) is 0 Å². The van der Waals surface area contributed by atoms with E-state index in [0.29, 0.717) is 5.56 Å². The van der Waals surface area contributed by atoms with Gasteiger partial charge in [-0.15, -0.1) is 0 Å². The van der Waals surface area contributed by atoms with Gasteiger partial charge < -0.3 is 5.11 Å². The summed E-state index contributed by atoms with van der Waals surface area (Å²) in [5.74, 6) is -0.286. The highest BCUT2D eigenvalue weighted by Crippen LogP contribution is 2.30. The molecule has 1 aromatic heterocycles. The third-order valence-electron chi connectivity index (χ3n) is 2.39. The van der Waals surface area contributed by atoms with Gasteiger partial charge in [-0.05, 0) is 11.6 Å². The molecule has 0 saturated carbocycles. The summed E-state index contributed by atoms with van der Waals surface area (Å²) in [7, 11) is 0. The van der Waals surface area contributed by atoms with Crippen molar-refractivity contribution in [1.82, 2.24) is 9.97 Å². The smallest absolute Gasteiger partial charge is 0.416 e. The van der Waals surface area contributed by atoms with Crippen LogP contribution in [0.2, 0.25) is 0 Å². The van der Waals surface area contributed by atoms with Crippen LogP contribution in [0.5, 0.6) is 5.75 Å². The van der Waals surface area contributed by atoms with Crippen molar-refractivity contribution in [2.24, 2.45) is 0 Å². The van der Waals surface area contributed by atoms with Gasteiger partial charge >= 0.3 is 6.18 Å². The van der Waals surface area contributed by atoms with Gasteiger partial charge in [-0.2, -0.15) is 13.2 Å². The van der Waals surface area contributed by atoms with Crippen molar-refractivity contribution in [3.8, 4) is 5.75 Å². The van der Waals surface area contributed by atoms with E-state index in [1.807, 2.05) is 0 Å². The summed E-state index contributed by atoms with van der Waals surface area (Å²) in [6, 6.07) is 4.92. The van der Waals surface area contributed by atoms with E-state index in [0.717, 1.165) is 30.1 Å². The van der Waals surface area contributed by atoms with Gasteiger partial charge in [-0.3, -0.25) is 9.78 Å². The van der Waals surface area contributed by atoms with Crippen LogP contribution < -0.4 is 5.56 Å². The fourth-order valence-electron chi connectivity index (χ4n) is 1.43. The molecule has 0 unspecified atom stereocenters. The lowest BCUT2D eigenvalue weighted by Crippen LogP contribution is -2.07. The van der Waals surface area contributed by atoms with Gasteiger partial charge in [-0.1, -0.05) is 30.0 Å². The van der Waals surface area contributed by atoms with Crippen molar-refractivity contribution < 1.29 is 18.3 Å². The highest BCUT2D eigenvalue weighted by molar-refractivity contribution is 7.98. The summed E-state index contributed by atoms with van der Waals surface area (Å²) in [5.41, 5.74) is -0.949. The molecular weight excluding hydrogens is 293 g/mol. The zero-order chi connectivity index (χ0) is 14.8. The highest BCUT2D eigenvalue weighted by Gasteiger charge is 2.30. The molecule has 8 heteroatoms. The number of aromatic hydroxyl groups is 1. The third kappa shape index (κ3) is 3.53. The van der Waals surface area contributed by atoms with Crippen LogP contribution in [0.1, 0.15) is 11.1 Å². The van der Waals surface area contributed by atoms with Gasteiger partial charge in [-0.25, -0.2) is 4.98 Å². The lowest BCUT2D eigenvalue weighted by Gasteiger charge is -2.08. The lowest BCUT2D eigenvalue weighted by molar-refractivity contribution is -0.137. The van der Waals surface area contributed by atoms with Gasteiger partial charge in [0.2, 0.25) is 0 Å². The Morgan fingerprint density at radius 3 is 2.75 bits per heavy atom. The molecule has 2 rings (SSSR count). The summed E-state index contributed by atoms with van der Waals surface area (Å²) in [4.78, 5) is 17.2. The largest absolute Gasteiger partial charge is 0.502 e. The standard InChI is InChI=1S/C12H9F3N2O2S/c13-12(14,15)8-3-1-2-7(4-8)6-20-11-16-5-9(18)10(19)17-11/h1-5,18H,6H2,(H,16,17,19). The number of nitrogens with zero attached hydrogens (tertiary/aromatic N) is 1. The summed E-state index contributed by atoms with van der Waals surface area (Å²) in [5, 5.41) is 9.24. The Balaban J connectivity index is 2.11. The molecule has 0 aliphatic carbocycles. The second-order valence-corrected chi connectivity index (χ2v) is 4.85.